The maximum atomic E-state index is 4.42. The van der Waals surface area contributed by atoms with Crippen molar-refractivity contribution in [1.82, 2.24) is 10.3 Å². The highest BCUT2D eigenvalue weighted by atomic mass is 79.9. The molecule has 2 rings (SSSR count). The summed E-state index contributed by atoms with van der Waals surface area (Å²) in [4.78, 5) is 4.42. The van der Waals surface area contributed by atoms with Gasteiger partial charge in [0.25, 0.3) is 0 Å². The maximum absolute atomic E-state index is 4.42. The van der Waals surface area contributed by atoms with Gasteiger partial charge in [-0.2, -0.15) is 0 Å². The lowest BCUT2D eigenvalue weighted by molar-refractivity contribution is 0.175. The summed E-state index contributed by atoms with van der Waals surface area (Å²) >= 11 is 3.39. The number of pyridine rings is 1. The Morgan fingerprint density at radius 2 is 2.27 bits per heavy atom. The molecule has 1 aromatic rings. The van der Waals surface area contributed by atoms with Crippen molar-refractivity contribution >= 4 is 15.9 Å². The van der Waals surface area contributed by atoms with E-state index in [0.29, 0.717) is 5.54 Å². The number of hydrogen-bond acceptors (Lipinski definition) is 2. The van der Waals surface area contributed by atoms with Gasteiger partial charge in [0.15, 0.2) is 0 Å². The Balaban J connectivity index is 1.92. The molecule has 0 saturated heterocycles. The molecule has 1 heterocycles. The molecule has 0 unspecified atom stereocenters. The number of rotatable bonds is 4. The normalized spacial score (nSPS) is 18.5. The van der Waals surface area contributed by atoms with Gasteiger partial charge in [0.1, 0.15) is 4.60 Å². The van der Waals surface area contributed by atoms with Gasteiger partial charge in [-0.25, -0.2) is 4.98 Å². The summed E-state index contributed by atoms with van der Waals surface area (Å²) in [5.74, 6) is 0. The Morgan fingerprint density at radius 3 is 2.80 bits per heavy atom. The van der Waals surface area contributed by atoms with Crippen molar-refractivity contribution in [2.45, 2.75) is 44.7 Å². The van der Waals surface area contributed by atoms with Crippen molar-refractivity contribution in [3.8, 4) is 0 Å². The van der Waals surface area contributed by atoms with Gasteiger partial charge < -0.3 is 5.32 Å². The van der Waals surface area contributed by atoms with Gasteiger partial charge in [-0.05, 0) is 53.7 Å². The molecular weight excluding hydrogens is 252 g/mol. The van der Waals surface area contributed by atoms with Crippen LogP contribution >= 0.6 is 15.9 Å². The molecule has 0 amide bonds. The molecule has 0 radical (unpaired) electrons. The second kappa shape index (κ2) is 4.62. The quantitative estimate of drug-likeness (QED) is 0.848. The van der Waals surface area contributed by atoms with Gasteiger partial charge in [-0.1, -0.05) is 13.0 Å². The summed E-state index contributed by atoms with van der Waals surface area (Å²) in [6.45, 7) is 3.15. The highest BCUT2D eigenvalue weighted by Crippen LogP contribution is 2.34. The molecule has 1 fully saturated rings. The molecule has 1 aliphatic carbocycles. The molecule has 1 saturated carbocycles. The van der Waals surface area contributed by atoms with Crippen LogP contribution in [0.2, 0.25) is 0 Å². The molecule has 1 N–H and O–H groups in total. The minimum atomic E-state index is 0.407. The highest BCUT2D eigenvalue weighted by Gasteiger charge is 2.34. The monoisotopic (exact) mass is 268 g/mol. The summed E-state index contributed by atoms with van der Waals surface area (Å²) in [5, 5.41) is 3.64. The maximum Gasteiger partial charge on any atom is 0.106 e. The number of nitrogens with one attached hydrogen (secondary N) is 1. The molecule has 1 aliphatic rings. The number of nitrogens with zero attached hydrogens (tertiary/aromatic N) is 1. The van der Waals surface area contributed by atoms with Crippen LogP contribution < -0.4 is 5.32 Å². The van der Waals surface area contributed by atoms with Crippen LogP contribution in [0.5, 0.6) is 0 Å². The lowest BCUT2D eigenvalue weighted by Gasteiger charge is -2.42. The van der Waals surface area contributed by atoms with E-state index in [9.17, 15) is 0 Å². The van der Waals surface area contributed by atoms with Crippen molar-refractivity contribution in [2.75, 3.05) is 0 Å². The summed E-state index contributed by atoms with van der Waals surface area (Å²) in [6, 6.07) is 6.07. The standard InChI is InChI=1S/C12H17BrN2/c1-2-12(7-4-8-12)14-9-10-5-3-6-11(13)15-10/h3,5-6,14H,2,4,7-9H2,1H3. The van der Waals surface area contributed by atoms with E-state index in [1.807, 2.05) is 12.1 Å². The summed E-state index contributed by atoms with van der Waals surface area (Å²) in [6.07, 6.45) is 5.22. The Bertz CT molecular complexity index is 329. The first-order chi connectivity index (χ1) is 7.24. The first kappa shape index (κ1) is 11.1. The predicted octanol–water partition coefficient (Wildman–Crippen LogP) is 3.27. The molecule has 0 aromatic carbocycles. The molecule has 3 heteroatoms. The lowest BCUT2D eigenvalue weighted by Crippen LogP contribution is -2.49. The Labute approximate surface area is 99.6 Å². The zero-order valence-electron chi connectivity index (χ0n) is 9.09. The van der Waals surface area contributed by atoms with E-state index in [1.54, 1.807) is 0 Å². The molecular formula is C12H17BrN2. The van der Waals surface area contributed by atoms with Gasteiger partial charge >= 0.3 is 0 Å². The molecule has 1 aromatic heterocycles. The van der Waals surface area contributed by atoms with E-state index in [0.717, 1.165) is 16.8 Å². The minimum absolute atomic E-state index is 0.407. The zero-order chi connectivity index (χ0) is 10.7. The van der Waals surface area contributed by atoms with Gasteiger partial charge in [-0.3, -0.25) is 0 Å². The first-order valence-electron chi connectivity index (χ1n) is 5.61. The van der Waals surface area contributed by atoms with Gasteiger partial charge in [0.05, 0.1) is 5.69 Å². The molecule has 82 valence electrons. The van der Waals surface area contributed by atoms with E-state index in [2.05, 4.69) is 39.2 Å². The van der Waals surface area contributed by atoms with Crippen molar-refractivity contribution < 1.29 is 0 Å². The van der Waals surface area contributed by atoms with Crippen molar-refractivity contribution in [1.29, 1.82) is 0 Å². The van der Waals surface area contributed by atoms with E-state index in [4.69, 9.17) is 0 Å². The van der Waals surface area contributed by atoms with Crippen LogP contribution in [0, 0.1) is 0 Å². The third-order valence-electron chi connectivity index (χ3n) is 3.40. The van der Waals surface area contributed by atoms with Crippen LogP contribution in [0.1, 0.15) is 38.3 Å². The van der Waals surface area contributed by atoms with E-state index in [-0.39, 0.29) is 0 Å². The van der Waals surface area contributed by atoms with Crippen molar-refractivity contribution in [3.05, 3.63) is 28.5 Å². The van der Waals surface area contributed by atoms with E-state index >= 15 is 0 Å². The molecule has 15 heavy (non-hydrogen) atoms. The van der Waals surface area contributed by atoms with Gasteiger partial charge in [-0.15, -0.1) is 0 Å². The summed E-state index contributed by atoms with van der Waals surface area (Å²) in [7, 11) is 0. The molecule has 2 nitrogen and oxygen atoms in total. The fourth-order valence-electron chi connectivity index (χ4n) is 2.09. The Morgan fingerprint density at radius 1 is 1.47 bits per heavy atom. The number of hydrogen-bond donors (Lipinski definition) is 1. The Hall–Kier alpha value is -0.410. The predicted molar refractivity (Wildman–Crippen MR) is 65.6 cm³/mol. The second-order valence-corrected chi connectivity index (χ2v) is 5.11. The van der Waals surface area contributed by atoms with Gasteiger partial charge in [0, 0.05) is 12.1 Å². The molecule has 0 bridgehead atoms. The highest BCUT2D eigenvalue weighted by molar-refractivity contribution is 9.10. The summed E-state index contributed by atoms with van der Waals surface area (Å²) in [5.41, 5.74) is 1.52. The number of halogens is 1. The largest absolute Gasteiger partial charge is 0.306 e. The fraction of sp³-hybridized carbons (Fsp3) is 0.583. The number of aromatic nitrogens is 1. The zero-order valence-corrected chi connectivity index (χ0v) is 10.7. The lowest BCUT2D eigenvalue weighted by atomic mass is 9.75. The molecule has 0 atom stereocenters. The molecule has 0 aliphatic heterocycles. The second-order valence-electron chi connectivity index (χ2n) is 4.29. The van der Waals surface area contributed by atoms with Crippen LogP contribution in [0.4, 0.5) is 0 Å². The third kappa shape index (κ3) is 2.58. The van der Waals surface area contributed by atoms with Gasteiger partial charge in [0.2, 0.25) is 0 Å². The van der Waals surface area contributed by atoms with Crippen LogP contribution in [0.3, 0.4) is 0 Å². The SMILES string of the molecule is CCC1(NCc2cccc(Br)n2)CCC1. The minimum Gasteiger partial charge on any atom is -0.306 e. The van der Waals surface area contributed by atoms with Crippen LogP contribution in [-0.4, -0.2) is 10.5 Å². The van der Waals surface area contributed by atoms with Crippen molar-refractivity contribution in [2.24, 2.45) is 0 Å². The summed E-state index contributed by atoms with van der Waals surface area (Å²) < 4.78 is 0.918. The third-order valence-corrected chi connectivity index (χ3v) is 3.85. The smallest absolute Gasteiger partial charge is 0.106 e. The van der Waals surface area contributed by atoms with E-state index < -0.39 is 0 Å². The Kier molecular flexibility index (Phi) is 3.42. The van der Waals surface area contributed by atoms with Crippen LogP contribution in [0.15, 0.2) is 22.8 Å². The first-order valence-corrected chi connectivity index (χ1v) is 6.40. The van der Waals surface area contributed by atoms with Crippen LogP contribution in [0.25, 0.3) is 0 Å². The average molecular weight is 269 g/mol. The fourth-order valence-corrected chi connectivity index (χ4v) is 2.47. The topological polar surface area (TPSA) is 24.9 Å². The molecule has 0 spiro atoms. The van der Waals surface area contributed by atoms with Crippen LogP contribution in [-0.2, 0) is 6.54 Å². The average Bonchev–Trinajstić information content (AvgIpc) is 2.17. The van der Waals surface area contributed by atoms with Crippen molar-refractivity contribution in [3.63, 3.8) is 0 Å². The van der Waals surface area contributed by atoms with E-state index in [1.165, 1.54) is 25.7 Å².